The molecule has 0 amide bonds. The van der Waals surface area contributed by atoms with Crippen LogP contribution >= 0.6 is 0 Å². The van der Waals surface area contributed by atoms with Gasteiger partial charge in [0, 0.05) is 49.3 Å². The van der Waals surface area contributed by atoms with Gasteiger partial charge in [-0.15, -0.1) is 0 Å². The molecule has 11 aromatic rings. The summed E-state index contributed by atoms with van der Waals surface area (Å²) in [7, 11) is 0. The molecule has 0 spiro atoms. The van der Waals surface area contributed by atoms with E-state index in [0.29, 0.717) is 11.1 Å². The Morgan fingerprint density at radius 1 is 0.364 bits per heavy atom. The fourth-order valence-electron chi connectivity index (χ4n) is 8.81. The number of benzene rings is 8. The Kier molecular flexibility index (Phi) is 6.61. The summed E-state index contributed by atoms with van der Waals surface area (Å²) in [6.45, 7) is 0. The van der Waals surface area contributed by atoms with Crippen LogP contribution in [0.3, 0.4) is 0 Å². The number of para-hydroxylation sites is 6. The van der Waals surface area contributed by atoms with E-state index >= 15 is 0 Å². The first-order chi connectivity index (χ1) is 27.2. The van der Waals surface area contributed by atoms with E-state index in [1.54, 1.807) is 0 Å². The zero-order valence-corrected chi connectivity index (χ0v) is 29.5. The van der Waals surface area contributed by atoms with Gasteiger partial charge >= 0.3 is 0 Å². The van der Waals surface area contributed by atoms with E-state index in [0.717, 1.165) is 82.8 Å². The first kappa shape index (κ1) is 30.7. The minimum atomic E-state index is 0.562. The highest BCUT2D eigenvalue weighted by atomic mass is 15.0. The largest absolute Gasteiger partial charge is 0.309 e. The molecule has 3 aromatic heterocycles. The van der Waals surface area contributed by atoms with Crippen molar-refractivity contribution in [3.05, 3.63) is 187 Å². The van der Waals surface area contributed by atoms with Crippen LogP contribution in [-0.2, 0) is 0 Å². The van der Waals surface area contributed by atoms with Crippen LogP contribution in [0.1, 0.15) is 11.1 Å². The van der Waals surface area contributed by atoms with Gasteiger partial charge in [0.1, 0.15) is 6.07 Å². The van der Waals surface area contributed by atoms with Gasteiger partial charge in [0.25, 0.3) is 0 Å². The van der Waals surface area contributed by atoms with E-state index in [1.165, 1.54) is 10.8 Å². The van der Waals surface area contributed by atoms with Gasteiger partial charge in [-0.2, -0.15) is 10.5 Å². The van der Waals surface area contributed by atoms with E-state index < -0.39 is 0 Å². The van der Waals surface area contributed by atoms with Gasteiger partial charge in [0.15, 0.2) is 0 Å². The van der Waals surface area contributed by atoms with Crippen molar-refractivity contribution in [3.63, 3.8) is 0 Å². The molecule has 0 fully saturated rings. The SMILES string of the molecule is N#Cc1cc(-c2ccccc2-n2c3ccccc3c3cccc(C#N)c32)cc(-n2c3ccccc3c3ccc(-n4c5ccccc5c5ccccc54)cc32)c1. The highest BCUT2D eigenvalue weighted by molar-refractivity contribution is 6.13. The minimum Gasteiger partial charge on any atom is -0.309 e. The predicted molar refractivity (Wildman–Crippen MR) is 224 cm³/mol. The van der Waals surface area contributed by atoms with Crippen LogP contribution in [0.5, 0.6) is 0 Å². The van der Waals surface area contributed by atoms with Crippen molar-refractivity contribution in [2.24, 2.45) is 0 Å². The van der Waals surface area contributed by atoms with Crippen LogP contribution in [0.15, 0.2) is 176 Å². The standard InChI is InChI=1S/C50H29N5/c51-30-32-26-34(37-13-1-6-19-44(37)55-48-23-10-5-17-41(48)43-18-11-12-33(31-52)50(43)55)28-36(27-32)54-47-22-9-4-16-40(47)42-25-24-35(29-49(42)54)53-45-20-7-2-14-38(45)39-15-3-8-21-46(39)53/h1-29H. The maximum atomic E-state index is 10.5. The van der Waals surface area contributed by atoms with Crippen molar-refractivity contribution in [1.29, 1.82) is 10.5 Å². The van der Waals surface area contributed by atoms with Crippen molar-refractivity contribution in [2.75, 3.05) is 0 Å². The Hall–Kier alpha value is -7.86. The smallest absolute Gasteiger partial charge is 0.101 e. The first-order valence-electron chi connectivity index (χ1n) is 18.3. The molecule has 254 valence electrons. The van der Waals surface area contributed by atoms with Crippen molar-refractivity contribution in [3.8, 4) is 40.3 Å². The molecule has 0 atom stereocenters. The fraction of sp³-hybridized carbons (Fsp3) is 0. The van der Waals surface area contributed by atoms with Crippen LogP contribution < -0.4 is 0 Å². The van der Waals surface area contributed by atoms with Crippen molar-refractivity contribution >= 4 is 65.4 Å². The van der Waals surface area contributed by atoms with Gasteiger partial charge in [0.05, 0.1) is 56.0 Å². The number of nitriles is 2. The number of nitrogens with zero attached hydrogens (tertiary/aromatic N) is 5. The molecular weight excluding hydrogens is 671 g/mol. The minimum absolute atomic E-state index is 0.562. The molecule has 0 radical (unpaired) electrons. The van der Waals surface area contributed by atoms with Crippen LogP contribution in [0, 0.1) is 22.7 Å². The van der Waals surface area contributed by atoms with Crippen LogP contribution in [0.25, 0.3) is 93.6 Å². The molecule has 0 saturated heterocycles. The quantitative estimate of drug-likeness (QED) is 0.184. The lowest BCUT2D eigenvalue weighted by atomic mass is 10.00. The Balaban J connectivity index is 1.18. The molecular formula is C50H29N5. The molecule has 0 unspecified atom stereocenters. The van der Waals surface area contributed by atoms with Crippen molar-refractivity contribution in [2.45, 2.75) is 0 Å². The molecule has 8 aromatic carbocycles. The highest BCUT2D eigenvalue weighted by Gasteiger charge is 2.20. The lowest BCUT2D eigenvalue weighted by Gasteiger charge is -2.17. The highest BCUT2D eigenvalue weighted by Crippen LogP contribution is 2.40. The molecule has 0 N–H and O–H groups in total. The summed E-state index contributed by atoms with van der Waals surface area (Å²) in [6, 6.07) is 65.9. The summed E-state index contributed by atoms with van der Waals surface area (Å²) in [6.07, 6.45) is 0. The number of hydrogen-bond acceptors (Lipinski definition) is 2. The molecule has 3 heterocycles. The molecule has 55 heavy (non-hydrogen) atoms. The lowest BCUT2D eigenvalue weighted by molar-refractivity contribution is 1.15. The summed E-state index contributed by atoms with van der Waals surface area (Å²) < 4.78 is 6.85. The average Bonchev–Trinajstić information content (AvgIpc) is 3.89. The van der Waals surface area contributed by atoms with E-state index in [2.05, 4.69) is 153 Å². The number of aromatic nitrogens is 3. The summed E-state index contributed by atoms with van der Waals surface area (Å²) >= 11 is 0. The molecule has 0 aliphatic rings. The van der Waals surface area contributed by atoms with E-state index in [-0.39, 0.29) is 0 Å². The van der Waals surface area contributed by atoms with E-state index in [1.807, 2.05) is 48.5 Å². The van der Waals surface area contributed by atoms with Gasteiger partial charge in [0.2, 0.25) is 0 Å². The van der Waals surface area contributed by atoms with Gasteiger partial charge in [-0.3, -0.25) is 0 Å². The topological polar surface area (TPSA) is 62.4 Å². The third-order valence-electron chi connectivity index (χ3n) is 11.1. The van der Waals surface area contributed by atoms with Gasteiger partial charge in [-0.25, -0.2) is 0 Å². The van der Waals surface area contributed by atoms with Crippen molar-refractivity contribution in [1.82, 2.24) is 13.7 Å². The Morgan fingerprint density at radius 3 is 1.53 bits per heavy atom. The lowest BCUT2D eigenvalue weighted by Crippen LogP contribution is -2.00. The molecule has 0 aliphatic heterocycles. The second-order valence-electron chi connectivity index (χ2n) is 14.0. The van der Waals surface area contributed by atoms with Crippen LogP contribution in [0.4, 0.5) is 0 Å². The third kappa shape index (κ3) is 4.45. The zero-order valence-electron chi connectivity index (χ0n) is 29.5. The number of hydrogen-bond donors (Lipinski definition) is 0. The average molecular weight is 700 g/mol. The third-order valence-corrected chi connectivity index (χ3v) is 11.1. The molecule has 0 bridgehead atoms. The van der Waals surface area contributed by atoms with Gasteiger partial charge in [-0.05, 0) is 72.3 Å². The fourth-order valence-corrected chi connectivity index (χ4v) is 8.81. The summed E-state index contributed by atoms with van der Waals surface area (Å²) in [5, 5.41) is 27.6. The Morgan fingerprint density at radius 2 is 0.891 bits per heavy atom. The predicted octanol–water partition coefficient (Wildman–Crippen LogP) is 12.4. The normalized spacial score (nSPS) is 11.6. The summed E-state index contributed by atoms with van der Waals surface area (Å²) in [5.41, 5.74) is 12.3. The first-order valence-corrected chi connectivity index (χ1v) is 18.3. The molecule has 11 rings (SSSR count). The van der Waals surface area contributed by atoms with Gasteiger partial charge < -0.3 is 13.7 Å². The van der Waals surface area contributed by atoms with Crippen LogP contribution in [-0.4, -0.2) is 13.7 Å². The maximum Gasteiger partial charge on any atom is 0.101 e. The van der Waals surface area contributed by atoms with Crippen LogP contribution in [0.2, 0.25) is 0 Å². The summed E-state index contributed by atoms with van der Waals surface area (Å²) in [5.74, 6) is 0. The molecule has 0 aliphatic carbocycles. The van der Waals surface area contributed by atoms with Gasteiger partial charge in [-0.1, -0.05) is 109 Å². The second-order valence-corrected chi connectivity index (χ2v) is 14.0. The van der Waals surface area contributed by atoms with E-state index in [9.17, 15) is 10.5 Å². The maximum absolute atomic E-state index is 10.5. The number of fused-ring (bicyclic) bond motifs is 9. The van der Waals surface area contributed by atoms with E-state index in [4.69, 9.17) is 0 Å². The Labute approximate surface area is 316 Å². The molecule has 5 nitrogen and oxygen atoms in total. The summed E-state index contributed by atoms with van der Waals surface area (Å²) in [4.78, 5) is 0. The molecule has 0 saturated carbocycles. The monoisotopic (exact) mass is 699 g/mol. The molecule has 5 heteroatoms. The zero-order chi connectivity index (χ0) is 36.6. The Bertz CT molecular complexity index is 3420. The second kappa shape index (κ2) is 11.8. The van der Waals surface area contributed by atoms with Crippen molar-refractivity contribution < 1.29 is 0 Å². The number of rotatable bonds is 4.